The van der Waals surface area contributed by atoms with Crippen molar-refractivity contribution in [3.05, 3.63) is 72.8 Å². The number of nitrogens with zero attached hydrogens (tertiary/aromatic N) is 2. The summed E-state index contributed by atoms with van der Waals surface area (Å²) in [4.78, 5) is 34.1. The van der Waals surface area contributed by atoms with Gasteiger partial charge in [-0.3, -0.25) is 24.8 Å². The van der Waals surface area contributed by atoms with Crippen molar-refractivity contribution < 1.29 is 9.66 Å². The van der Waals surface area contributed by atoms with E-state index in [4.69, 9.17) is 4.74 Å². The van der Waals surface area contributed by atoms with Crippen molar-refractivity contribution >= 4 is 11.4 Å². The van der Waals surface area contributed by atoms with E-state index in [1.54, 1.807) is 19.9 Å². The number of H-pyrrole nitrogens is 1. The van der Waals surface area contributed by atoms with Gasteiger partial charge in [0.25, 0.3) is 16.8 Å². The minimum absolute atomic E-state index is 0.135. The molecular weight excluding hydrogens is 302 g/mol. The van der Waals surface area contributed by atoms with Crippen molar-refractivity contribution in [3.8, 4) is 5.75 Å². The first-order valence-electron chi connectivity index (χ1n) is 6.80. The molecule has 0 fully saturated rings. The minimum Gasteiger partial charge on any atom is -0.483 e. The van der Waals surface area contributed by atoms with Gasteiger partial charge in [-0.2, -0.15) is 0 Å². The molecule has 1 aliphatic rings. The largest absolute Gasteiger partial charge is 0.483 e. The van der Waals surface area contributed by atoms with Crippen LogP contribution < -0.4 is 15.9 Å². The van der Waals surface area contributed by atoms with Crippen molar-refractivity contribution in [2.45, 2.75) is 19.4 Å². The Morgan fingerprint density at radius 3 is 2.65 bits per heavy atom. The summed E-state index contributed by atoms with van der Waals surface area (Å²) in [6.07, 6.45) is 1.64. The van der Waals surface area contributed by atoms with E-state index in [1.165, 1.54) is 18.2 Å². The zero-order valence-electron chi connectivity index (χ0n) is 12.4. The summed E-state index contributed by atoms with van der Waals surface area (Å²) in [6.45, 7) is 3.56. The Labute approximate surface area is 129 Å². The van der Waals surface area contributed by atoms with Crippen LogP contribution in [-0.4, -0.2) is 20.3 Å². The molecule has 3 rings (SSSR count). The Kier molecular flexibility index (Phi) is 3.17. The van der Waals surface area contributed by atoms with Crippen molar-refractivity contribution in [2.75, 3.05) is 0 Å². The van der Waals surface area contributed by atoms with Gasteiger partial charge in [0.1, 0.15) is 11.4 Å². The lowest BCUT2D eigenvalue weighted by atomic mass is 9.99. The third-order valence-corrected chi connectivity index (χ3v) is 3.37. The van der Waals surface area contributed by atoms with Crippen LogP contribution in [0.15, 0.2) is 46.0 Å². The molecule has 0 saturated heterocycles. The minimum atomic E-state index is -0.745. The predicted octanol–water partition coefficient (Wildman–Crippen LogP) is 1.50. The molecule has 2 heterocycles. The Balaban J connectivity index is 2.31. The summed E-state index contributed by atoms with van der Waals surface area (Å²) in [5.74, 6) is 0.398. The molecule has 1 aromatic heterocycles. The van der Waals surface area contributed by atoms with Crippen LogP contribution in [0.1, 0.15) is 19.4 Å². The van der Waals surface area contributed by atoms with E-state index in [1.807, 2.05) is 0 Å². The van der Waals surface area contributed by atoms with E-state index >= 15 is 0 Å². The average molecular weight is 315 g/mol. The van der Waals surface area contributed by atoms with E-state index in [0.29, 0.717) is 17.0 Å². The zero-order valence-corrected chi connectivity index (χ0v) is 12.4. The van der Waals surface area contributed by atoms with Crippen LogP contribution in [0.5, 0.6) is 5.75 Å². The summed E-state index contributed by atoms with van der Waals surface area (Å²) in [6, 6.07) is 6.38. The standard InChI is InChI=1S/C15H13N3O5/c1-15(2)8-11(17-14(20)6-5-13(19)16-17)10-7-9(18(21)22)3-4-12(10)23-15/h3-8H,1-2H3,(H,16,19). The highest BCUT2D eigenvalue weighted by Gasteiger charge is 2.29. The van der Waals surface area contributed by atoms with E-state index in [-0.39, 0.29) is 5.69 Å². The monoisotopic (exact) mass is 315 g/mol. The van der Waals surface area contributed by atoms with Gasteiger partial charge in [0.2, 0.25) is 0 Å². The van der Waals surface area contributed by atoms with E-state index in [0.717, 1.165) is 16.8 Å². The molecule has 1 aromatic carbocycles. The maximum Gasteiger partial charge on any atom is 0.270 e. The molecule has 118 valence electrons. The molecular formula is C15H13N3O5. The number of ether oxygens (including phenoxy) is 1. The molecule has 0 aliphatic carbocycles. The highest BCUT2D eigenvalue weighted by atomic mass is 16.6. The van der Waals surface area contributed by atoms with E-state index in [2.05, 4.69) is 5.10 Å². The van der Waals surface area contributed by atoms with Crippen LogP contribution in [0.2, 0.25) is 0 Å². The van der Waals surface area contributed by atoms with Gasteiger partial charge in [0, 0.05) is 29.8 Å². The molecule has 8 nitrogen and oxygen atoms in total. The van der Waals surface area contributed by atoms with Crippen molar-refractivity contribution in [3.63, 3.8) is 0 Å². The number of hydrogen-bond donors (Lipinski definition) is 1. The number of benzene rings is 1. The predicted molar refractivity (Wildman–Crippen MR) is 82.5 cm³/mol. The fraction of sp³-hybridized carbons (Fsp3) is 0.200. The van der Waals surface area contributed by atoms with Crippen molar-refractivity contribution in [1.82, 2.24) is 9.78 Å². The zero-order chi connectivity index (χ0) is 16.8. The van der Waals surface area contributed by atoms with Crippen LogP contribution in [-0.2, 0) is 0 Å². The quantitative estimate of drug-likeness (QED) is 0.667. The second-order valence-electron chi connectivity index (χ2n) is 5.66. The second kappa shape index (κ2) is 4.94. The van der Waals surface area contributed by atoms with Gasteiger partial charge in [0.15, 0.2) is 0 Å². The smallest absolute Gasteiger partial charge is 0.270 e. The lowest BCUT2D eigenvalue weighted by Gasteiger charge is -2.31. The molecule has 0 bridgehead atoms. The Morgan fingerprint density at radius 1 is 1.22 bits per heavy atom. The van der Waals surface area contributed by atoms with Gasteiger partial charge in [0.05, 0.1) is 10.6 Å². The highest BCUT2D eigenvalue weighted by molar-refractivity contribution is 5.74. The molecule has 1 aliphatic heterocycles. The first-order chi connectivity index (χ1) is 10.8. The molecule has 1 N–H and O–H groups in total. The number of nitrogens with one attached hydrogen (secondary N) is 1. The number of non-ortho nitro benzene ring substituents is 1. The van der Waals surface area contributed by atoms with Gasteiger partial charge < -0.3 is 4.74 Å². The number of rotatable bonds is 2. The van der Waals surface area contributed by atoms with Crippen LogP contribution in [0.25, 0.3) is 5.70 Å². The summed E-state index contributed by atoms with van der Waals surface area (Å²) < 4.78 is 6.83. The third kappa shape index (κ3) is 2.66. The number of aromatic amines is 1. The molecule has 0 unspecified atom stereocenters. The molecule has 23 heavy (non-hydrogen) atoms. The lowest BCUT2D eigenvalue weighted by molar-refractivity contribution is -0.384. The van der Waals surface area contributed by atoms with Crippen LogP contribution >= 0.6 is 0 Å². The van der Waals surface area contributed by atoms with Gasteiger partial charge >= 0.3 is 0 Å². The lowest BCUT2D eigenvalue weighted by Crippen LogP contribution is -2.34. The van der Waals surface area contributed by atoms with Crippen LogP contribution in [0.3, 0.4) is 0 Å². The number of nitro benzene ring substituents is 1. The molecule has 0 atom stereocenters. The molecule has 0 spiro atoms. The number of nitro groups is 1. The van der Waals surface area contributed by atoms with Crippen LogP contribution in [0.4, 0.5) is 5.69 Å². The molecule has 0 amide bonds. The second-order valence-corrected chi connectivity index (χ2v) is 5.66. The maximum atomic E-state index is 12.1. The van der Waals surface area contributed by atoms with Gasteiger partial charge in [-0.25, -0.2) is 4.68 Å². The molecule has 2 aromatic rings. The van der Waals surface area contributed by atoms with Crippen molar-refractivity contribution in [2.24, 2.45) is 0 Å². The van der Waals surface area contributed by atoms with Crippen LogP contribution in [0, 0.1) is 10.1 Å². The maximum absolute atomic E-state index is 12.1. The SMILES string of the molecule is CC1(C)C=C(n2[nH]c(=O)ccc2=O)c2cc([N+](=O)[O-])ccc2O1. The summed E-state index contributed by atoms with van der Waals surface area (Å²) in [5.41, 5.74) is -1.09. The summed E-state index contributed by atoms with van der Waals surface area (Å²) in [7, 11) is 0. The Morgan fingerprint density at radius 2 is 1.96 bits per heavy atom. The molecule has 0 saturated carbocycles. The average Bonchev–Trinajstić information content (AvgIpc) is 2.47. The summed E-state index contributed by atoms with van der Waals surface area (Å²) in [5, 5.41) is 13.4. The van der Waals surface area contributed by atoms with Gasteiger partial charge in [-0.1, -0.05) is 0 Å². The van der Waals surface area contributed by atoms with Gasteiger partial charge in [-0.05, 0) is 26.0 Å². The number of hydrogen-bond acceptors (Lipinski definition) is 5. The molecule has 8 heteroatoms. The highest BCUT2D eigenvalue weighted by Crippen LogP contribution is 2.37. The third-order valence-electron chi connectivity index (χ3n) is 3.37. The Bertz CT molecular complexity index is 952. The fourth-order valence-electron chi connectivity index (χ4n) is 2.43. The molecule has 0 radical (unpaired) electrons. The fourth-order valence-corrected chi connectivity index (χ4v) is 2.43. The topological polar surface area (TPSA) is 107 Å². The van der Waals surface area contributed by atoms with E-state index < -0.39 is 21.6 Å². The number of fused-ring (bicyclic) bond motifs is 1. The summed E-state index contributed by atoms with van der Waals surface area (Å²) >= 11 is 0. The normalized spacial score (nSPS) is 15.3. The van der Waals surface area contributed by atoms with Crippen molar-refractivity contribution in [1.29, 1.82) is 0 Å². The Hall–Kier alpha value is -3.16. The van der Waals surface area contributed by atoms with Gasteiger partial charge in [-0.15, -0.1) is 0 Å². The first kappa shape index (κ1) is 14.8. The van der Waals surface area contributed by atoms with E-state index in [9.17, 15) is 19.7 Å². The first-order valence-corrected chi connectivity index (χ1v) is 6.80. The number of aromatic nitrogens is 2.